The van der Waals surface area contributed by atoms with Gasteiger partial charge in [0, 0.05) is 62.6 Å². The summed E-state index contributed by atoms with van der Waals surface area (Å²) in [6, 6.07) is 17.7. The average Bonchev–Trinajstić information content (AvgIpc) is 2.93. The summed E-state index contributed by atoms with van der Waals surface area (Å²) < 4.78 is 0. The maximum Gasteiger partial charge on any atom is 0.255 e. The fourth-order valence-corrected chi connectivity index (χ4v) is 4.52. The van der Waals surface area contributed by atoms with Crippen molar-refractivity contribution in [3.05, 3.63) is 102 Å². The second-order valence-electron chi connectivity index (χ2n) is 9.62. The van der Waals surface area contributed by atoms with E-state index in [2.05, 4.69) is 49.7 Å². The van der Waals surface area contributed by atoms with Crippen molar-refractivity contribution in [2.24, 2.45) is 4.99 Å². The minimum absolute atomic E-state index is 0.0480. The lowest BCUT2D eigenvalue weighted by molar-refractivity contribution is 0.102. The SMILES string of the molecule is Cc1ccc(NC(=O)c2ccc(CN3CCN(C)CC3)cc2)cc1NN1C=NC=CC1c1cccnc1. The standard InChI is InChI=1S/C29H33N7O/c1-22-5-10-26(18-27(22)33-36-21-31-13-11-28(36)25-4-3-12-30-19-25)32-29(37)24-8-6-23(7-9-24)20-35-16-14-34(2)15-17-35/h3-13,18-19,21,28,33H,14-17,20H2,1-2H3,(H,32,37). The van der Waals surface area contributed by atoms with E-state index in [-0.39, 0.29) is 11.9 Å². The number of likely N-dealkylation sites (N-methyl/N-ethyl adjacent to an activating group) is 1. The van der Waals surface area contributed by atoms with Crippen LogP contribution in [0.15, 0.2) is 84.3 Å². The van der Waals surface area contributed by atoms with Gasteiger partial charge in [-0.2, -0.15) is 0 Å². The molecule has 0 radical (unpaired) electrons. The van der Waals surface area contributed by atoms with Crippen molar-refractivity contribution in [3.63, 3.8) is 0 Å². The Morgan fingerprint density at radius 2 is 1.86 bits per heavy atom. The molecule has 0 saturated carbocycles. The van der Waals surface area contributed by atoms with Crippen LogP contribution in [0.3, 0.4) is 0 Å². The van der Waals surface area contributed by atoms with Crippen molar-refractivity contribution >= 4 is 23.6 Å². The van der Waals surface area contributed by atoms with Crippen LogP contribution in [0.4, 0.5) is 11.4 Å². The molecule has 2 aliphatic heterocycles. The second kappa shape index (κ2) is 11.4. The van der Waals surface area contributed by atoms with E-state index in [4.69, 9.17) is 0 Å². The van der Waals surface area contributed by atoms with E-state index < -0.39 is 0 Å². The smallest absolute Gasteiger partial charge is 0.255 e. The number of carbonyl (C=O) groups excluding carboxylic acids is 1. The van der Waals surface area contributed by atoms with E-state index in [0.29, 0.717) is 5.56 Å². The molecule has 0 spiro atoms. The van der Waals surface area contributed by atoms with Crippen molar-refractivity contribution in [2.75, 3.05) is 44.0 Å². The number of carbonyl (C=O) groups is 1. The van der Waals surface area contributed by atoms with Crippen LogP contribution in [-0.4, -0.2) is 65.3 Å². The summed E-state index contributed by atoms with van der Waals surface area (Å²) in [5.74, 6) is -0.128. The fraction of sp³-hybridized carbons (Fsp3) is 0.276. The van der Waals surface area contributed by atoms with Gasteiger partial charge < -0.3 is 10.2 Å². The van der Waals surface area contributed by atoms with Gasteiger partial charge in [-0.3, -0.25) is 25.1 Å². The highest BCUT2D eigenvalue weighted by molar-refractivity contribution is 6.04. The number of hydrazine groups is 1. The second-order valence-corrected chi connectivity index (χ2v) is 9.62. The molecule has 2 aliphatic rings. The lowest BCUT2D eigenvalue weighted by atomic mass is 10.1. The predicted octanol–water partition coefficient (Wildman–Crippen LogP) is 4.32. The number of amides is 1. The zero-order valence-corrected chi connectivity index (χ0v) is 21.3. The Kier molecular flexibility index (Phi) is 7.58. The van der Waals surface area contributed by atoms with Crippen LogP contribution in [0.25, 0.3) is 0 Å². The largest absolute Gasteiger partial charge is 0.322 e. The van der Waals surface area contributed by atoms with Gasteiger partial charge in [0.1, 0.15) is 6.34 Å². The Labute approximate surface area is 218 Å². The molecule has 0 bridgehead atoms. The number of piperazine rings is 1. The number of benzene rings is 2. The average molecular weight is 496 g/mol. The Hall–Kier alpha value is -4.01. The number of aliphatic imine (C=N–C) groups is 1. The van der Waals surface area contributed by atoms with Gasteiger partial charge >= 0.3 is 0 Å². The molecule has 1 saturated heterocycles. The molecule has 1 amide bonds. The van der Waals surface area contributed by atoms with E-state index in [0.717, 1.165) is 55.2 Å². The number of anilines is 2. The highest BCUT2D eigenvalue weighted by atomic mass is 16.1. The van der Waals surface area contributed by atoms with Crippen LogP contribution < -0.4 is 10.7 Å². The number of nitrogens with zero attached hydrogens (tertiary/aromatic N) is 5. The normalized spacial score (nSPS) is 18.1. The first-order valence-electron chi connectivity index (χ1n) is 12.6. The molecule has 0 aliphatic carbocycles. The molecule has 2 aromatic carbocycles. The molecular weight excluding hydrogens is 462 g/mol. The van der Waals surface area contributed by atoms with Gasteiger partial charge in [-0.15, -0.1) is 0 Å². The maximum atomic E-state index is 13.0. The van der Waals surface area contributed by atoms with Crippen molar-refractivity contribution in [1.82, 2.24) is 19.8 Å². The first-order chi connectivity index (χ1) is 18.0. The number of rotatable bonds is 7. The van der Waals surface area contributed by atoms with Crippen LogP contribution in [0, 0.1) is 6.92 Å². The molecule has 1 atom stereocenters. The monoisotopic (exact) mass is 495 g/mol. The van der Waals surface area contributed by atoms with Crippen molar-refractivity contribution in [1.29, 1.82) is 0 Å². The lowest BCUT2D eigenvalue weighted by Gasteiger charge is -2.32. The zero-order chi connectivity index (χ0) is 25.6. The van der Waals surface area contributed by atoms with Crippen molar-refractivity contribution in [3.8, 4) is 0 Å². The van der Waals surface area contributed by atoms with E-state index in [9.17, 15) is 4.79 Å². The number of hydrogen-bond acceptors (Lipinski definition) is 7. The topological polar surface area (TPSA) is 76.1 Å². The van der Waals surface area contributed by atoms with Gasteiger partial charge in [-0.1, -0.05) is 24.3 Å². The molecule has 190 valence electrons. The molecule has 37 heavy (non-hydrogen) atoms. The third-order valence-corrected chi connectivity index (χ3v) is 6.83. The summed E-state index contributed by atoms with van der Waals surface area (Å²) in [5.41, 5.74) is 9.03. The van der Waals surface area contributed by atoms with Crippen LogP contribution in [0.1, 0.15) is 33.1 Å². The first kappa shape index (κ1) is 24.7. The van der Waals surface area contributed by atoms with Gasteiger partial charge in [0.2, 0.25) is 0 Å². The van der Waals surface area contributed by atoms with E-state index in [1.165, 1.54) is 5.56 Å². The minimum Gasteiger partial charge on any atom is -0.322 e. The van der Waals surface area contributed by atoms with E-state index in [1.54, 1.807) is 18.7 Å². The maximum absolute atomic E-state index is 13.0. The Bertz CT molecular complexity index is 1270. The molecule has 1 fully saturated rings. The summed E-state index contributed by atoms with van der Waals surface area (Å²) in [7, 11) is 2.16. The molecule has 2 N–H and O–H groups in total. The Morgan fingerprint density at radius 1 is 1.05 bits per heavy atom. The highest BCUT2D eigenvalue weighted by Crippen LogP contribution is 2.27. The van der Waals surface area contributed by atoms with Crippen LogP contribution in [0.5, 0.6) is 0 Å². The van der Waals surface area contributed by atoms with Gasteiger partial charge in [0.05, 0.1) is 11.7 Å². The molecule has 8 nitrogen and oxygen atoms in total. The molecule has 3 heterocycles. The first-order valence-corrected chi connectivity index (χ1v) is 12.6. The third-order valence-electron chi connectivity index (χ3n) is 6.83. The van der Waals surface area contributed by atoms with Gasteiger partial charge in [0.25, 0.3) is 5.91 Å². The predicted molar refractivity (Wildman–Crippen MR) is 148 cm³/mol. The summed E-state index contributed by atoms with van der Waals surface area (Å²) in [4.78, 5) is 26.3. The van der Waals surface area contributed by atoms with Crippen molar-refractivity contribution < 1.29 is 4.79 Å². The molecule has 1 unspecified atom stereocenters. The fourth-order valence-electron chi connectivity index (χ4n) is 4.52. The zero-order valence-electron chi connectivity index (χ0n) is 21.3. The molecule has 8 heteroatoms. The summed E-state index contributed by atoms with van der Waals surface area (Å²) in [6.45, 7) is 7.29. The number of pyridine rings is 1. The number of hydrogen-bond donors (Lipinski definition) is 2. The summed E-state index contributed by atoms with van der Waals surface area (Å²) >= 11 is 0. The number of aromatic nitrogens is 1. The Balaban J connectivity index is 1.23. The van der Waals surface area contributed by atoms with Gasteiger partial charge in [-0.05, 0) is 67.1 Å². The molecular formula is C29H33N7O. The minimum atomic E-state index is -0.128. The van der Waals surface area contributed by atoms with Gasteiger partial charge in [0.15, 0.2) is 0 Å². The molecule has 3 aromatic rings. The number of aryl methyl sites for hydroxylation is 1. The summed E-state index contributed by atoms with van der Waals surface area (Å²) in [5, 5.41) is 4.98. The van der Waals surface area contributed by atoms with E-state index in [1.807, 2.05) is 66.7 Å². The van der Waals surface area contributed by atoms with Crippen molar-refractivity contribution in [2.45, 2.75) is 19.5 Å². The summed E-state index contributed by atoms with van der Waals surface area (Å²) in [6.07, 6.45) is 9.17. The quantitative estimate of drug-likeness (QED) is 0.509. The highest BCUT2D eigenvalue weighted by Gasteiger charge is 2.19. The Morgan fingerprint density at radius 3 is 2.62 bits per heavy atom. The van der Waals surface area contributed by atoms with Crippen LogP contribution in [-0.2, 0) is 6.54 Å². The molecule has 5 rings (SSSR count). The van der Waals surface area contributed by atoms with Crippen LogP contribution in [0.2, 0.25) is 0 Å². The lowest BCUT2D eigenvalue weighted by Crippen LogP contribution is -2.43. The van der Waals surface area contributed by atoms with E-state index >= 15 is 0 Å². The molecule has 1 aromatic heterocycles. The van der Waals surface area contributed by atoms with Crippen LogP contribution >= 0.6 is 0 Å². The number of nitrogens with one attached hydrogen (secondary N) is 2. The van der Waals surface area contributed by atoms with Gasteiger partial charge in [-0.25, -0.2) is 4.99 Å². The third kappa shape index (κ3) is 6.22.